The Labute approximate surface area is 162 Å². The van der Waals surface area contributed by atoms with Gasteiger partial charge in [-0.05, 0) is 35.7 Å². The van der Waals surface area contributed by atoms with Crippen LogP contribution in [0.4, 0.5) is 4.39 Å². The first-order chi connectivity index (χ1) is 13.5. The molecule has 0 fully saturated rings. The van der Waals surface area contributed by atoms with E-state index < -0.39 is 17.6 Å². The zero-order chi connectivity index (χ0) is 20.1. The van der Waals surface area contributed by atoms with Crippen LogP contribution in [0.3, 0.4) is 0 Å². The van der Waals surface area contributed by atoms with Crippen molar-refractivity contribution in [3.05, 3.63) is 76.8 Å². The van der Waals surface area contributed by atoms with Gasteiger partial charge in [0.25, 0.3) is 11.8 Å². The summed E-state index contributed by atoms with van der Waals surface area (Å²) >= 11 is 0. The molecular formula is C21H21FN2O4. The van der Waals surface area contributed by atoms with Crippen LogP contribution in [0.15, 0.2) is 59.9 Å². The van der Waals surface area contributed by atoms with Crippen molar-refractivity contribution in [1.29, 1.82) is 0 Å². The van der Waals surface area contributed by atoms with Crippen molar-refractivity contribution >= 4 is 11.8 Å². The number of amides is 2. The summed E-state index contributed by atoms with van der Waals surface area (Å²) in [6.45, 7) is 0.554. The minimum absolute atomic E-state index is 0.0344. The average Bonchev–Trinajstić information content (AvgIpc) is 3.00. The maximum Gasteiger partial charge on any atom is 0.289 e. The number of nitrogens with zero attached hydrogens (tertiary/aromatic N) is 1. The van der Waals surface area contributed by atoms with Crippen LogP contribution in [0.5, 0.6) is 5.75 Å². The number of nitrogens with one attached hydrogen (secondary N) is 1. The van der Waals surface area contributed by atoms with E-state index in [1.54, 1.807) is 19.2 Å². The number of carbonyl (C=O) groups excluding carboxylic acids is 2. The first-order valence-corrected chi connectivity index (χ1v) is 8.85. The Balaban J connectivity index is 1.58. The van der Waals surface area contributed by atoms with Crippen molar-refractivity contribution in [1.82, 2.24) is 10.2 Å². The Morgan fingerprint density at radius 3 is 2.64 bits per heavy atom. The quantitative estimate of drug-likeness (QED) is 0.768. The first-order valence-electron chi connectivity index (χ1n) is 8.85. The fourth-order valence-corrected chi connectivity index (χ4v) is 3.03. The highest BCUT2D eigenvalue weighted by Gasteiger charge is 2.33. The molecule has 2 N–H and O–H groups in total. The van der Waals surface area contributed by atoms with Crippen LogP contribution in [-0.2, 0) is 22.6 Å². The van der Waals surface area contributed by atoms with E-state index >= 15 is 0 Å². The van der Waals surface area contributed by atoms with E-state index in [-0.39, 0.29) is 24.5 Å². The molecule has 0 bridgehead atoms. The van der Waals surface area contributed by atoms with Gasteiger partial charge < -0.3 is 20.1 Å². The number of methoxy groups -OCH3 is 1. The molecule has 1 heterocycles. The summed E-state index contributed by atoms with van der Waals surface area (Å²) in [5.41, 5.74) is 1.69. The van der Waals surface area contributed by atoms with Crippen molar-refractivity contribution in [2.75, 3.05) is 20.2 Å². The molecule has 0 radical (unpaired) electrons. The zero-order valence-electron chi connectivity index (χ0n) is 15.4. The molecular weight excluding hydrogens is 363 g/mol. The molecule has 28 heavy (non-hydrogen) atoms. The van der Waals surface area contributed by atoms with Crippen LogP contribution in [0, 0.1) is 5.82 Å². The molecule has 0 aromatic heterocycles. The number of halogens is 1. The van der Waals surface area contributed by atoms with Gasteiger partial charge >= 0.3 is 0 Å². The number of hydrogen-bond donors (Lipinski definition) is 2. The van der Waals surface area contributed by atoms with Gasteiger partial charge in [-0.3, -0.25) is 9.59 Å². The van der Waals surface area contributed by atoms with Crippen molar-refractivity contribution < 1.29 is 23.8 Å². The third-order valence-corrected chi connectivity index (χ3v) is 4.61. The van der Waals surface area contributed by atoms with Gasteiger partial charge in [-0.2, -0.15) is 0 Å². The van der Waals surface area contributed by atoms with Gasteiger partial charge in [0.15, 0.2) is 5.76 Å². The van der Waals surface area contributed by atoms with Gasteiger partial charge in [0.1, 0.15) is 11.6 Å². The molecule has 7 heteroatoms. The Morgan fingerprint density at radius 1 is 1.21 bits per heavy atom. The minimum Gasteiger partial charge on any atom is -0.503 e. The lowest BCUT2D eigenvalue weighted by atomic mass is 10.1. The summed E-state index contributed by atoms with van der Waals surface area (Å²) in [6, 6.07) is 13.2. The summed E-state index contributed by atoms with van der Waals surface area (Å²) in [5.74, 6) is -1.25. The van der Waals surface area contributed by atoms with Gasteiger partial charge in [-0.1, -0.05) is 30.3 Å². The lowest BCUT2D eigenvalue weighted by molar-refractivity contribution is -0.127. The highest BCUT2D eigenvalue weighted by atomic mass is 19.1. The number of carbonyl (C=O) groups is 2. The maximum atomic E-state index is 12.9. The molecule has 0 unspecified atom stereocenters. The van der Waals surface area contributed by atoms with E-state index in [0.29, 0.717) is 18.5 Å². The number of benzene rings is 2. The monoisotopic (exact) mass is 384 g/mol. The van der Waals surface area contributed by atoms with Crippen LogP contribution in [-0.4, -0.2) is 42.0 Å². The third kappa shape index (κ3) is 4.31. The fourth-order valence-electron chi connectivity index (χ4n) is 3.03. The minimum atomic E-state index is -0.568. The Hall–Kier alpha value is -3.35. The van der Waals surface area contributed by atoms with Crippen molar-refractivity contribution in [2.45, 2.75) is 13.0 Å². The zero-order valence-corrected chi connectivity index (χ0v) is 15.4. The standard InChI is InChI=1S/C21H21FN2O4/c1-28-18-5-3-2-4-15(18)10-11-24-13-17(19(25)21(24)27)20(26)23-12-14-6-8-16(22)9-7-14/h2-9,25H,10-13H2,1H3,(H,23,26). The number of aliphatic hydroxyl groups is 1. The topological polar surface area (TPSA) is 78.9 Å². The molecule has 0 atom stereocenters. The number of para-hydroxylation sites is 1. The molecule has 0 saturated carbocycles. The van der Waals surface area contributed by atoms with E-state index in [0.717, 1.165) is 11.3 Å². The van der Waals surface area contributed by atoms with Crippen LogP contribution in [0.1, 0.15) is 11.1 Å². The SMILES string of the molecule is COc1ccccc1CCN1CC(C(=O)NCc2ccc(F)cc2)=C(O)C1=O. The maximum absolute atomic E-state index is 12.9. The van der Waals surface area contributed by atoms with E-state index in [9.17, 15) is 19.1 Å². The fraction of sp³-hybridized carbons (Fsp3) is 0.238. The molecule has 3 rings (SSSR count). The van der Waals surface area contributed by atoms with Crippen LogP contribution >= 0.6 is 0 Å². The van der Waals surface area contributed by atoms with Crippen LogP contribution < -0.4 is 10.1 Å². The summed E-state index contributed by atoms with van der Waals surface area (Å²) < 4.78 is 18.2. The van der Waals surface area contributed by atoms with Crippen LogP contribution in [0.25, 0.3) is 0 Å². The lowest BCUT2D eigenvalue weighted by Gasteiger charge is -2.17. The van der Waals surface area contributed by atoms with Gasteiger partial charge in [0.2, 0.25) is 0 Å². The van der Waals surface area contributed by atoms with E-state index in [1.807, 2.05) is 24.3 Å². The molecule has 0 aliphatic carbocycles. The Kier molecular flexibility index (Phi) is 5.93. The lowest BCUT2D eigenvalue weighted by Crippen LogP contribution is -2.31. The summed E-state index contributed by atoms with van der Waals surface area (Å²) in [6.07, 6.45) is 0.535. The molecule has 1 aliphatic rings. The largest absolute Gasteiger partial charge is 0.503 e. The number of ether oxygens (including phenoxy) is 1. The normalized spacial score (nSPS) is 13.8. The Morgan fingerprint density at radius 2 is 1.93 bits per heavy atom. The van der Waals surface area contributed by atoms with Gasteiger partial charge in [-0.25, -0.2) is 4.39 Å². The second-order valence-electron chi connectivity index (χ2n) is 6.42. The number of rotatable bonds is 7. The van der Waals surface area contributed by atoms with Crippen molar-refractivity contribution in [2.24, 2.45) is 0 Å². The molecule has 146 valence electrons. The molecule has 2 aromatic carbocycles. The first kappa shape index (κ1) is 19.4. The Bertz CT molecular complexity index is 909. The predicted octanol–water partition coefficient (Wildman–Crippen LogP) is 2.35. The van der Waals surface area contributed by atoms with Crippen molar-refractivity contribution in [3.63, 3.8) is 0 Å². The van der Waals surface area contributed by atoms with Gasteiger partial charge in [0, 0.05) is 13.1 Å². The van der Waals surface area contributed by atoms with E-state index in [4.69, 9.17) is 4.74 Å². The van der Waals surface area contributed by atoms with Crippen molar-refractivity contribution in [3.8, 4) is 5.75 Å². The van der Waals surface area contributed by atoms with Crippen LogP contribution in [0.2, 0.25) is 0 Å². The summed E-state index contributed by atoms with van der Waals surface area (Å²) in [5, 5.41) is 12.7. The highest BCUT2D eigenvalue weighted by Crippen LogP contribution is 2.21. The molecule has 0 saturated heterocycles. The summed E-state index contributed by atoms with van der Waals surface area (Å²) in [4.78, 5) is 26.1. The number of hydrogen-bond acceptors (Lipinski definition) is 4. The molecule has 0 spiro atoms. The number of aliphatic hydroxyl groups excluding tert-OH is 1. The second-order valence-corrected chi connectivity index (χ2v) is 6.42. The molecule has 1 aliphatic heterocycles. The van der Waals surface area contributed by atoms with Gasteiger partial charge in [-0.15, -0.1) is 0 Å². The summed E-state index contributed by atoms with van der Waals surface area (Å²) in [7, 11) is 1.58. The van der Waals surface area contributed by atoms with E-state index in [2.05, 4.69) is 5.32 Å². The molecule has 2 aromatic rings. The predicted molar refractivity (Wildman–Crippen MR) is 101 cm³/mol. The second kappa shape index (κ2) is 8.56. The van der Waals surface area contributed by atoms with Gasteiger partial charge in [0.05, 0.1) is 19.2 Å². The molecule has 6 nitrogen and oxygen atoms in total. The average molecular weight is 384 g/mol. The molecule has 2 amide bonds. The third-order valence-electron chi connectivity index (χ3n) is 4.61. The highest BCUT2D eigenvalue weighted by molar-refractivity contribution is 6.06. The smallest absolute Gasteiger partial charge is 0.289 e. The van der Waals surface area contributed by atoms with E-state index in [1.165, 1.54) is 17.0 Å².